The molecule has 0 aliphatic heterocycles. The van der Waals surface area contributed by atoms with Crippen molar-refractivity contribution in [2.24, 2.45) is 0 Å². The van der Waals surface area contributed by atoms with Gasteiger partial charge in [0.15, 0.2) is 0 Å². The van der Waals surface area contributed by atoms with Gasteiger partial charge in [-0.15, -0.1) is 0 Å². The fourth-order valence-electron chi connectivity index (χ4n) is 1.91. The lowest BCUT2D eigenvalue weighted by molar-refractivity contribution is 0.0695. The SMILES string of the molecule is N#CC(c1ccccc1)c1ccccc1C(=O)O. The second-order valence-electron chi connectivity index (χ2n) is 3.87. The van der Waals surface area contributed by atoms with E-state index in [0.29, 0.717) is 5.56 Å². The van der Waals surface area contributed by atoms with E-state index in [1.165, 1.54) is 6.07 Å². The number of benzene rings is 2. The predicted octanol–water partition coefficient (Wildman–Crippen LogP) is 3.04. The smallest absolute Gasteiger partial charge is 0.336 e. The first-order valence-electron chi connectivity index (χ1n) is 5.51. The molecule has 0 aromatic heterocycles. The van der Waals surface area contributed by atoms with Crippen LogP contribution in [0.5, 0.6) is 0 Å². The number of aromatic carboxylic acids is 1. The summed E-state index contributed by atoms with van der Waals surface area (Å²) >= 11 is 0. The van der Waals surface area contributed by atoms with Crippen LogP contribution in [0.4, 0.5) is 0 Å². The topological polar surface area (TPSA) is 61.1 Å². The fourth-order valence-corrected chi connectivity index (χ4v) is 1.91. The molecule has 3 nitrogen and oxygen atoms in total. The van der Waals surface area contributed by atoms with Crippen LogP contribution in [0.2, 0.25) is 0 Å². The molecular formula is C15H11NO2. The van der Waals surface area contributed by atoms with Crippen LogP contribution in [-0.4, -0.2) is 11.1 Å². The fraction of sp³-hybridized carbons (Fsp3) is 0.0667. The first-order chi connectivity index (χ1) is 8.74. The van der Waals surface area contributed by atoms with E-state index in [9.17, 15) is 10.1 Å². The van der Waals surface area contributed by atoms with Gasteiger partial charge in [-0.2, -0.15) is 5.26 Å². The standard InChI is InChI=1S/C15H11NO2/c16-10-14(11-6-2-1-3-7-11)12-8-4-5-9-13(12)15(17)18/h1-9,14H,(H,17,18). The minimum absolute atomic E-state index is 0.174. The highest BCUT2D eigenvalue weighted by Gasteiger charge is 2.19. The molecule has 0 amide bonds. The van der Waals surface area contributed by atoms with Gasteiger partial charge in [-0.3, -0.25) is 0 Å². The van der Waals surface area contributed by atoms with E-state index in [2.05, 4.69) is 6.07 Å². The molecule has 0 fully saturated rings. The first-order valence-corrected chi connectivity index (χ1v) is 5.51. The molecule has 1 atom stereocenters. The summed E-state index contributed by atoms with van der Waals surface area (Å²) in [5.74, 6) is -1.57. The van der Waals surface area contributed by atoms with E-state index >= 15 is 0 Å². The molecule has 0 radical (unpaired) electrons. The van der Waals surface area contributed by atoms with Gasteiger partial charge in [-0.1, -0.05) is 48.5 Å². The molecule has 0 spiro atoms. The Morgan fingerprint density at radius 2 is 1.67 bits per heavy atom. The highest BCUT2D eigenvalue weighted by atomic mass is 16.4. The van der Waals surface area contributed by atoms with Crippen molar-refractivity contribution < 1.29 is 9.90 Å². The number of hydrogen-bond acceptors (Lipinski definition) is 2. The molecule has 3 heteroatoms. The van der Waals surface area contributed by atoms with Crippen molar-refractivity contribution in [1.29, 1.82) is 5.26 Å². The van der Waals surface area contributed by atoms with E-state index in [1.807, 2.05) is 30.3 Å². The quantitative estimate of drug-likeness (QED) is 0.892. The Labute approximate surface area is 105 Å². The van der Waals surface area contributed by atoms with Gasteiger partial charge in [0.2, 0.25) is 0 Å². The monoisotopic (exact) mass is 237 g/mol. The molecule has 2 rings (SSSR count). The van der Waals surface area contributed by atoms with Gasteiger partial charge in [-0.05, 0) is 17.2 Å². The maximum Gasteiger partial charge on any atom is 0.336 e. The van der Waals surface area contributed by atoms with Crippen LogP contribution in [0.3, 0.4) is 0 Å². The lowest BCUT2D eigenvalue weighted by Gasteiger charge is -2.12. The van der Waals surface area contributed by atoms with Crippen LogP contribution in [0, 0.1) is 11.3 Å². The zero-order valence-electron chi connectivity index (χ0n) is 9.58. The second kappa shape index (κ2) is 5.15. The largest absolute Gasteiger partial charge is 0.478 e. The third-order valence-electron chi connectivity index (χ3n) is 2.76. The lowest BCUT2D eigenvalue weighted by atomic mass is 9.89. The molecule has 0 aliphatic carbocycles. The van der Waals surface area contributed by atoms with Crippen molar-refractivity contribution in [3.63, 3.8) is 0 Å². The Bertz CT molecular complexity index is 599. The van der Waals surface area contributed by atoms with Crippen molar-refractivity contribution in [3.8, 4) is 6.07 Å². The van der Waals surface area contributed by atoms with Gasteiger partial charge in [0, 0.05) is 0 Å². The zero-order valence-corrected chi connectivity index (χ0v) is 9.58. The minimum atomic E-state index is -1.01. The number of carboxylic acid groups (broad SMARTS) is 1. The number of nitrogens with zero attached hydrogens (tertiary/aromatic N) is 1. The number of hydrogen-bond donors (Lipinski definition) is 1. The molecule has 2 aromatic carbocycles. The normalized spacial score (nSPS) is 11.5. The van der Waals surface area contributed by atoms with Gasteiger partial charge in [0.1, 0.15) is 0 Å². The predicted molar refractivity (Wildman–Crippen MR) is 67.3 cm³/mol. The van der Waals surface area contributed by atoms with Gasteiger partial charge < -0.3 is 5.11 Å². The van der Waals surface area contributed by atoms with Crippen molar-refractivity contribution in [2.75, 3.05) is 0 Å². The molecule has 2 aromatic rings. The number of nitriles is 1. The summed E-state index contributed by atoms with van der Waals surface area (Å²) in [4.78, 5) is 11.2. The summed E-state index contributed by atoms with van der Waals surface area (Å²) in [7, 11) is 0. The van der Waals surface area contributed by atoms with Crippen molar-refractivity contribution in [3.05, 3.63) is 71.3 Å². The Morgan fingerprint density at radius 1 is 1.06 bits per heavy atom. The third-order valence-corrected chi connectivity index (χ3v) is 2.76. The molecule has 0 saturated heterocycles. The van der Waals surface area contributed by atoms with Gasteiger partial charge >= 0.3 is 5.97 Å². The molecule has 0 aliphatic rings. The van der Waals surface area contributed by atoms with Crippen LogP contribution in [0.15, 0.2) is 54.6 Å². The van der Waals surface area contributed by atoms with Crippen LogP contribution >= 0.6 is 0 Å². The van der Waals surface area contributed by atoms with Crippen LogP contribution in [0.1, 0.15) is 27.4 Å². The van der Waals surface area contributed by atoms with Gasteiger partial charge in [-0.25, -0.2) is 4.79 Å². The summed E-state index contributed by atoms with van der Waals surface area (Å²) in [6.45, 7) is 0. The molecule has 88 valence electrons. The maximum atomic E-state index is 11.2. The first kappa shape index (κ1) is 11.9. The molecular weight excluding hydrogens is 226 g/mol. The Hall–Kier alpha value is -2.60. The molecule has 0 heterocycles. The number of rotatable bonds is 3. The minimum Gasteiger partial charge on any atom is -0.478 e. The van der Waals surface area contributed by atoms with Gasteiger partial charge in [0.25, 0.3) is 0 Å². The highest BCUT2D eigenvalue weighted by molar-refractivity contribution is 5.90. The zero-order chi connectivity index (χ0) is 13.0. The summed E-state index contributed by atoms with van der Waals surface area (Å²) in [5, 5.41) is 18.4. The van der Waals surface area contributed by atoms with E-state index in [-0.39, 0.29) is 5.56 Å². The highest BCUT2D eigenvalue weighted by Crippen LogP contribution is 2.26. The van der Waals surface area contributed by atoms with Crippen molar-refractivity contribution in [1.82, 2.24) is 0 Å². The summed E-state index contributed by atoms with van der Waals surface area (Å²) in [5.41, 5.74) is 1.50. The molecule has 1 unspecified atom stereocenters. The lowest BCUT2D eigenvalue weighted by Crippen LogP contribution is -2.07. The molecule has 18 heavy (non-hydrogen) atoms. The van der Waals surface area contributed by atoms with Crippen LogP contribution < -0.4 is 0 Å². The summed E-state index contributed by atoms with van der Waals surface area (Å²) < 4.78 is 0. The number of carboxylic acids is 1. The van der Waals surface area contributed by atoms with E-state index < -0.39 is 11.9 Å². The van der Waals surface area contributed by atoms with E-state index in [1.54, 1.807) is 18.2 Å². The number of carbonyl (C=O) groups is 1. The second-order valence-corrected chi connectivity index (χ2v) is 3.87. The van der Waals surface area contributed by atoms with E-state index in [0.717, 1.165) is 5.56 Å². The molecule has 1 N–H and O–H groups in total. The van der Waals surface area contributed by atoms with Crippen LogP contribution in [0.25, 0.3) is 0 Å². The maximum absolute atomic E-state index is 11.2. The average Bonchev–Trinajstić information content (AvgIpc) is 2.41. The Morgan fingerprint density at radius 3 is 2.28 bits per heavy atom. The average molecular weight is 237 g/mol. The molecule has 0 saturated carbocycles. The van der Waals surface area contributed by atoms with Crippen molar-refractivity contribution >= 4 is 5.97 Å². The molecule has 0 bridgehead atoms. The summed E-state index contributed by atoms with van der Waals surface area (Å²) in [6.07, 6.45) is 0. The van der Waals surface area contributed by atoms with Crippen LogP contribution in [-0.2, 0) is 0 Å². The Balaban J connectivity index is 2.54. The van der Waals surface area contributed by atoms with Crippen molar-refractivity contribution in [2.45, 2.75) is 5.92 Å². The summed E-state index contributed by atoms with van der Waals surface area (Å²) in [6, 6.07) is 18.0. The van der Waals surface area contributed by atoms with Gasteiger partial charge in [0.05, 0.1) is 17.6 Å². The third kappa shape index (κ3) is 2.23. The van der Waals surface area contributed by atoms with E-state index in [4.69, 9.17) is 5.11 Å². The Kier molecular flexibility index (Phi) is 3.40.